The van der Waals surface area contributed by atoms with E-state index in [4.69, 9.17) is 0 Å². The van der Waals surface area contributed by atoms with Crippen LogP contribution in [0.2, 0.25) is 0 Å². The zero-order valence-electron chi connectivity index (χ0n) is 12.7. The molecule has 0 amide bonds. The highest BCUT2D eigenvalue weighted by atomic mass is 127. The van der Waals surface area contributed by atoms with E-state index in [1.807, 2.05) is 6.07 Å². The number of piperazine rings is 1. The third-order valence-electron chi connectivity index (χ3n) is 5.13. The minimum Gasteiger partial charge on any atom is -0.365 e. The van der Waals surface area contributed by atoms with Gasteiger partial charge in [-0.05, 0) is 60.1 Å². The lowest BCUT2D eigenvalue weighted by molar-refractivity contribution is 0.195. The van der Waals surface area contributed by atoms with Crippen LogP contribution < -0.4 is 10.2 Å². The number of nitrogens with one attached hydrogen (secondary N) is 1. The van der Waals surface area contributed by atoms with Crippen LogP contribution in [0.1, 0.15) is 45.4 Å². The van der Waals surface area contributed by atoms with Crippen LogP contribution in [-0.2, 0) is 0 Å². The lowest BCUT2D eigenvalue weighted by Crippen LogP contribution is -2.65. The molecule has 0 aromatic heterocycles. The Labute approximate surface area is 140 Å². The smallest absolute Gasteiger partial charge is 0.124 e. The van der Waals surface area contributed by atoms with Crippen LogP contribution in [-0.4, -0.2) is 24.7 Å². The number of nitrogens with zero attached hydrogens (tertiary/aromatic N) is 1. The van der Waals surface area contributed by atoms with Crippen LogP contribution in [0.3, 0.4) is 0 Å². The lowest BCUT2D eigenvalue weighted by atomic mass is 9.79. The maximum atomic E-state index is 13.4. The highest BCUT2D eigenvalue weighted by Gasteiger charge is 2.39. The van der Waals surface area contributed by atoms with Gasteiger partial charge in [0.25, 0.3) is 0 Å². The molecule has 1 aliphatic heterocycles. The SMILES string of the molecule is CCC1CNC2(CCCCC2)CN1c1ccc(F)cc1I. The Morgan fingerprint density at radius 1 is 1.33 bits per heavy atom. The highest BCUT2D eigenvalue weighted by molar-refractivity contribution is 14.1. The molecular formula is C17H24FIN2. The van der Waals surface area contributed by atoms with Gasteiger partial charge in [-0.25, -0.2) is 4.39 Å². The average molecular weight is 402 g/mol. The monoisotopic (exact) mass is 402 g/mol. The minimum absolute atomic E-state index is 0.140. The first-order valence-electron chi connectivity index (χ1n) is 8.10. The molecule has 1 spiro atoms. The highest BCUT2D eigenvalue weighted by Crippen LogP contribution is 2.36. The molecule has 0 radical (unpaired) electrons. The maximum absolute atomic E-state index is 13.4. The molecule has 1 aliphatic carbocycles. The van der Waals surface area contributed by atoms with Gasteiger partial charge < -0.3 is 10.2 Å². The first-order valence-corrected chi connectivity index (χ1v) is 9.18. The van der Waals surface area contributed by atoms with Crippen molar-refractivity contribution in [2.75, 3.05) is 18.0 Å². The van der Waals surface area contributed by atoms with Gasteiger partial charge in [-0.3, -0.25) is 0 Å². The fourth-order valence-corrected chi connectivity index (χ4v) is 4.67. The normalized spacial score (nSPS) is 25.3. The maximum Gasteiger partial charge on any atom is 0.124 e. The molecule has 1 unspecified atom stereocenters. The summed E-state index contributed by atoms with van der Waals surface area (Å²) < 4.78 is 14.4. The Morgan fingerprint density at radius 3 is 2.76 bits per heavy atom. The van der Waals surface area contributed by atoms with Crippen molar-refractivity contribution < 1.29 is 4.39 Å². The Bertz CT molecular complexity index is 500. The van der Waals surface area contributed by atoms with E-state index in [9.17, 15) is 4.39 Å². The van der Waals surface area contributed by atoms with Gasteiger partial charge in [0.15, 0.2) is 0 Å². The van der Waals surface area contributed by atoms with Crippen LogP contribution in [0.4, 0.5) is 10.1 Å². The van der Waals surface area contributed by atoms with Crippen molar-refractivity contribution in [1.29, 1.82) is 0 Å². The summed E-state index contributed by atoms with van der Waals surface area (Å²) in [7, 11) is 0. The van der Waals surface area contributed by atoms with E-state index in [-0.39, 0.29) is 11.4 Å². The number of anilines is 1. The summed E-state index contributed by atoms with van der Waals surface area (Å²) in [5, 5.41) is 3.85. The standard InChI is InChI=1S/C17H24FIN2/c1-2-14-11-20-17(8-4-3-5-9-17)12-21(14)16-7-6-13(18)10-15(16)19/h6-7,10,14,20H,2-5,8-9,11-12H2,1H3. The van der Waals surface area contributed by atoms with Crippen LogP contribution in [0, 0.1) is 9.39 Å². The summed E-state index contributed by atoms with van der Waals surface area (Å²) in [5.74, 6) is -0.140. The Kier molecular flexibility index (Phi) is 4.74. The second-order valence-corrected chi connectivity index (χ2v) is 7.67. The summed E-state index contributed by atoms with van der Waals surface area (Å²) in [4.78, 5) is 2.53. The molecular weight excluding hydrogens is 378 g/mol. The van der Waals surface area contributed by atoms with Crippen LogP contribution >= 0.6 is 22.6 Å². The van der Waals surface area contributed by atoms with Gasteiger partial charge in [-0.15, -0.1) is 0 Å². The van der Waals surface area contributed by atoms with E-state index < -0.39 is 0 Å². The lowest BCUT2D eigenvalue weighted by Gasteiger charge is -2.50. The van der Waals surface area contributed by atoms with Crippen molar-refractivity contribution in [3.63, 3.8) is 0 Å². The molecule has 3 rings (SSSR count). The zero-order chi connectivity index (χ0) is 14.9. The largest absolute Gasteiger partial charge is 0.365 e. The fraction of sp³-hybridized carbons (Fsp3) is 0.647. The number of benzene rings is 1. The summed E-state index contributed by atoms with van der Waals surface area (Å²) in [6.45, 7) is 4.35. The number of halogens is 2. The first-order chi connectivity index (χ1) is 10.1. The first kappa shape index (κ1) is 15.5. The molecule has 1 saturated heterocycles. The molecule has 1 aromatic rings. The second kappa shape index (κ2) is 6.41. The van der Waals surface area contributed by atoms with Gasteiger partial charge in [-0.2, -0.15) is 0 Å². The molecule has 0 bridgehead atoms. The zero-order valence-corrected chi connectivity index (χ0v) is 14.8. The molecule has 4 heteroatoms. The van der Waals surface area contributed by atoms with E-state index in [0.717, 1.165) is 23.1 Å². The summed E-state index contributed by atoms with van der Waals surface area (Å²) in [5.41, 5.74) is 1.48. The van der Waals surface area contributed by atoms with Gasteiger partial charge in [0.2, 0.25) is 0 Å². The Morgan fingerprint density at radius 2 is 2.10 bits per heavy atom. The van der Waals surface area contributed by atoms with Gasteiger partial charge >= 0.3 is 0 Å². The van der Waals surface area contributed by atoms with Crippen LogP contribution in [0.15, 0.2) is 18.2 Å². The fourth-order valence-electron chi connectivity index (χ4n) is 3.88. The van der Waals surface area contributed by atoms with Crippen molar-refractivity contribution in [2.24, 2.45) is 0 Å². The van der Waals surface area contributed by atoms with E-state index in [2.05, 4.69) is 39.7 Å². The van der Waals surface area contributed by atoms with Crippen molar-refractivity contribution in [2.45, 2.75) is 57.0 Å². The Balaban J connectivity index is 1.88. The summed E-state index contributed by atoms with van der Waals surface area (Å²) >= 11 is 2.27. The Hall–Kier alpha value is -0.360. The molecule has 1 N–H and O–H groups in total. The van der Waals surface area contributed by atoms with Crippen molar-refractivity contribution in [3.05, 3.63) is 27.6 Å². The van der Waals surface area contributed by atoms with E-state index in [0.29, 0.717) is 6.04 Å². The van der Waals surface area contributed by atoms with E-state index >= 15 is 0 Å². The molecule has 2 fully saturated rings. The van der Waals surface area contributed by atoms with Crippen LogP contribution in [0.25, 0.3) is 0 Å². The number of hydrogen-bond donors (Lipinski definition) is 1. The minimum atomic E-state index is -0.140. The predicted octanol–water partition coefficient (Wildman–Crippen LogP) is 4.32. The van der Waals surface area contributed by atoms with Crippen molar-refractivity contribution in [1.82, 2.24) is 5.32 Å². The van der Waals surface area contributed by atoms with Gasteiger partial charge in [-0.1, -0.05) is 26.2 Å². The molecule has 1 saturated carbocycles. The van der Waals surface area contributed by atoms with E-state index in [1.54, 1.807) is 12.1 Å². The topological polar surface area (TPSA) is 15.3 Å². The van der Waals surface area contributed by atoms with Gasteiger partial charge in [0.1, 0.15) is 5.82 Å². The molecule has 1 aromatic carbocycles. The second-order valence-electron chi connectivity index (χ2n) is 6.51. The number of rotatable bonds is 2. The van der Waals surface area contributed by atoms with E-state index in [1.165, 1.54) is 37.8 Å². The van der Waals surface area contributed by atoms with Gasteiger partial charge in [0.05, 0.1) is 5.69 Å². The van der Waals surface area contributed by atoms with Crippen LogP contribution in [0.5, 0.6) is 0 Å². The molecule has 2 aliphatic rings. The molecule has 21 heavy (non-hydrogen) atoms. The third-order valence-corrected chi connectivity index (χ3v) is 5.99. The average Bonchev–Trinajstić information content (AvgIpc) is 2.48. The van der Waals surface area contributed by atoms with Crippen molar-refractivity contribution >= 4 is 28.3 Å². The number of hydrogen-bond acceptors (Lipinski definition) is 2. The third kappa shape index (κ3) is 3.21. The quantitative estimate of drug-likeness (QED) is 0.742. The van der Waals surface area contributed by atoms with Crippen molar-refractivity contribution in [3.8, 4) is 0 Å². The molecule has 2 nitrogen and oxygen atoms in total. The van der Waals surface area contributed by atoms with Gasteiger partial charge in [0, 0.05) is 28.2 Å². The molecule has 1 atom stereocenters. The molecule has 1 heterocycles. The summed E-state index contributed by atoms with van der Waals surface area (Å²) in [6.07, 6.45) is 7.71. The predicted molar refractivity (Wildman–Crippen MR) is 94.4 cm³/mol. The summed E-state index contributed by atoms with van der Waals surface area (Å²) in [6, 6.07) is 5.72. The molecule has 116 valence electrons.